The van der Waals surface area contributed by atoms with E-state index in [0.29, 0.717) is 0 Å². The van der Waals surface area contributed by atoms with Crippen molar-refractivity contribution in [3.63, 3.8) is 0 Å². The van der Waals surface area contributed by atoms with Crippen molar-refractivity contribution in [3.05, 3.63) is 40.3 Å². The van der Waals surface area contributed by atoms with Crippen LogP contribution in [0.4, 0.5) is 0 Å². The van der Waals surface area contributed by atoms with Crippen LogP contribution in [0.1, 0.15) is 16.5 Å². The molecule has 0 saturated heterocycles. The predicted octanol–water partition coefficient (Wildman–Crippen LogP) is 1.61. The van der Waals surface area contributed by atoms with Crippen LogP contribution in [0, 0.1) is 0 Å². The van der Waals surface area contributed by atoms with Gasteiger partial charge in [0.1, 0.15) is 0 Å². The topological polar surface area (TPSA) is 47.1 Å². The van der Waals surface area contributed by atoms with Crippen LogP contribution >= 0.6 is 11.3 Å². The Morgan fingerprint density at radius 3 is 3.00 bits per heavy atom. The molecule has 2 heterocycles. The van der Waals surface area contributed by atoms with E-state index in [1.807, 2.05) is 19.4 Å². The number of rotatable bonds is 5. The lowest BCUT2D eigenvalue weighted by atomic mass is 10.1. The summed E-state index contributed by atoms with van der Waals surface area (Å²) >= 11 is 1.78. The van der Waals surface area contributed by atoms with Crippen LogP contribution in [0.15, 0.2) is 29.9 Å². The first-order valence-electron chi connectivity index (χ1n) is 5.60. The summed E-state index contributed by atoms with van der Waals surface area (Å²) in [5.74, 6) is 0. The number of thiophene rings is 1. The molecule has 2 N–H and O–H groups in total. The summed E-state index contributed by atoms with van der Waals surface area (Å²) in [5, 5.41) is 6.24. The molecule has 0 saturated carbocycles. The molecule has 0 amide bonds. The fourth-order valence-electron chi connectivity index (χ4n) is 1.81. The van der Waals surface area contributed by atoms with Gasteiger partial charge in [-0.3, -0.25) is 9.58 Å². The third kappa shape index (κ3) is 3.39. The van der Waals surface area contributed by atoms with Gasteiger partial charge in [0.15, 0.2) is 0 Å². The average Bonchev–Trinajstić information content (AvgIpc) is 2.89. The van der Waals surface area contributed by atoms with E-state index in [1.165, 1.54) is 4.88 Å². The van der Waals surface area contributed by atoms with Crippen LogP contribution in [0.3, 0.4) is 0 Å². The lowest BCUT2D eigenvalue weighted by Gasteiger charge is -2.19. The summed E-state index contributed by atoms with van der Waals surface area (Å²) < 4.78 is 1.79. The molecule has 5 heteroatoms. The van der Waals surface area contributed by atoms with Gasteiger partial charge in [-0.2, -0.15) is 5.10 Å². The summed E-state index contributed by atoms with van der Waals surface area (Å²) in [6, 6.07) is 4.25. The first-order chi connectivity index (χ1) is 8.15. The minimum absolute atomic E-state index is 0.0219. The molecule has 1 unspecified atom stereocenters. The van der Waals surface area contributed by atoms with Gasteiger partial charge in [-0.1, -0.05) is 6.07 Å². The molecule has 2 aromatic heterocycles. The number of likely N-dealkylation sites (N-methyl/N-ethyl adjacent to an activating group) is 1. The summed E-state index contributed by atoms with van der Waals surface area (Å²) in [7, 11) is 4.00. The highest BCUT2D eigenvalue weighted by Gasteiger charge is 2.11. The standard InChI is InChI=1S/C12H18N4S/c1-15(8-11-4-3-5-17-11)9-12(13)10-6-14-16(2)7-10/h3-7,12H,8-9,13H2,1-2H3. The van der Waals surface area contributed by atoms with Gasteiger partial charge >= 0.3 is 0 Å². The molecule has 0 bridgehead atoms. The van der Waals surface area contributed by atoms with Crippen molar-refractivity contribution in [2.45, 2.75) is 12.6 Å². The second kappa shape index (κ2) is 5.44. The van der Waals surface area contributed by atoms with Crippen LogP contribution < -0.4 is 5.73 Å². The fraction of sp³-hybridized carbons (Fsp3) is 0.417. The van der Waals surface area contributed by atoms with Crippen molar-refractivity contribution in [2.75, 3.05) is 13.6 Å². The number of aromatic nitrogens is 2. The van der Waals surface area contributed by atoms with Crippen LogP contribution in [-0.4, -0.2) is 28.3 Å². The molecular formula is C12H18N4S. The molecule has 0 aliphatic heterocycles. The van der Waals surface area contributed by atoms with Crippen molar-refractivity contribution in [1.29, 1.82) is 0 Å². The van der Waals surface area contributed by atoms with Crippen molar-refractivity contribution in [2.24, 2.45) is 12.8 Å². The smallest absolute Gasteiger partial charge is 0.0537 e. The van der Waals surface area contributed by atoms with Gasteiger partial charge in [0.2, 0.25) is 0 Å². The molecule has 0 aliphatic carbocycles. The van der Waals surface area contributed by atoms with Crippen LogP contribution in [0.25, 0.3) is 0 Å². The number of nitrogens with zero attached hydrogens (tertiary/aromatic N) is 3. The van der Waals surface area contributed by atoms with Crippen molar-refractivity contribution in [1.82, 2.24) is 14.7 Å². The maximum Gasteiger partial charge on any atom is 0.0537 e. The van der Waals surface area contributed by atoms with E-state index < -0.39 is 0 Å². The quantitative estimate of drug-likeness (QED) is 0.877. The van der Waals surface area contributed by atoms with E-state index in [-0.39, 0.29) is 6.04 Å². The van der Waals surface area contributed by atoms with Gasteiger partial charge in [-0.15, -0.1) is 11.3 Å². The zero-order valence-electron chi connectivity index (χ0n) is 10.2. The maximum atomic E-state index is 6.15. The Hall–Kier alpha value is -1.17. The third-order valence-electron chi connectivity index (χ3n) is 2.67. The molecule has 2 rings (SSSR count). The van der Waals surface area contributed by atoms with Crippen LogP contribution in [0.2, 0.25) is 0 Å². The number of hydrogen-bond donors (Lipinski definition) is 1. The van der Waals surface area contributed by atoms with Crippen molar-refractivity contribution in [3.8, 4) is 0 Å². The molecule has 92 valence electrons. The summed E-state index contributed by atoms with van der Waals surface area (Å²) in [6.07, 6.45) is 3.81. The second-order valence-corrected chi connectivity index (χ2v) is 5.36. The third-order valence-corrected chi connectivity index (χ3v) is 3.53. The number of nitrogens with two attached hydrogens (primary N) is 1. The van der Waals surface area contributed by atoms with Gasteiger partial charge < -0.3 is 5.73 Å². The molecule has 0 aromatic carbocycles. The molecule has 0 radical (unpaired) electrons. The van der Waals surface area contributed by atoms with Crippen molar-refractivity contribution >= 4 is 11.3 Å². The molecule has 4 nitrogen and oxygen atoms in total. The summed E-state index contributed by atoms with van der Waals surface area (Å²) in [6.45, 7) is 1.79. The Morgan fingerprint density at radius 1 is 1.59 bits per heavy atom. The normalized spacial score (nSPS) is 13.2. The monoisotopic (exact) mass is 250 g/mol. The Labute approximate surface area is 106 Å². The van der Waals surface area contributed by atoms with Gasteiger partial charge in [0.05, 0.1) is 6.20 Å². The highest BCUT2D eigenvalue weighted by molar-refractivity contribution is 7.09. The molecule has 0 spiro atoms. The zero-order chi connectivity index (χ0) is 12.3. The van der Waals surface area contributed by atoms with Crippen molar-refractivity contribution < 1.29 is 0 Å². The Kier molecular flexibility index (Phi) is 3.93. The molecule has 17 heavy (non-hydrogen) atoms. The average molecular weight is 250 g/mol. The molecule has 0 aliphatic rings. The lowest BCUT2D eigenvalue weighted by Crippen LogP contribution is -2.28. The molecular weight excluding hydrogens is 232 g/mol. The minimum atomic E-state index is 0.0219. The highest BCUT2D eigenvalue weighted by atomic mass is 32.1. The minimum Gasteiger partial charge on any atom is -0.323 e. The fourth-order valence-corrected chi connectivity index (χ4v) is 2.59. The Balaban J connectivity index is 1.88. The van der Waals surface area contributed by atoms with E-state index in [0.717, 1.165) is 18.7 Å². The highest BCUT2D eigenvalue weighted by Crippen LogP contribution is 2.14. The van der Waals surface area contributed by atoms with E-state index >= 15 is 0 Å². The van der Waals surface area contributed by atoms with Crippen LogP contribution in [-0.2, 0) is 13.6 Å². The van der Waals surface area contributed by atoms with Crippen LogP contribution in [0.5, 0.6) is 0 Å². The lowest BCUT2D eigenvalue weighted by molar-refractivity contribution is 0.308. The van der Waals surface area contributed by atoms with E-state index in [4.69, 9.17) is 5.73 Å². The van der Waals surface area contributed by atoms with E-state index in [9.17, 15) is 0 Å². The Bertz CT molecular complexity index is 449. The van der Waals surface area contributed by atoms with E-state index in [1.54, 1.807) is 16.0 Å². The number of hydrogen-bond acceptors (Lipinski definition) is 4. The molecule has 1 atom stereocenters. The van der Waals surface area contributed by atoms with Gasteiger partial charge in [0.25, 0.3) is 0 Å². The summed E-state index contributed by atoms with van der Waals surface area (Å²) in [5.41, 5.74) is 7.24. The zero-order valence-corrected chi connectivity index (χ0v) is 11.0. The predicted molar refractivity (Wildman–Crippen MR) is 70.8 cm³/mol. The first-order valence-corrected chi connectivity index (χ1v) is 6.48. The maximum absolute atomic E-state index is 6.15. The van der Waals surface area contributed by atoms with Gasteiger partial charge in [-0.25, -0.2) is 0 Å². The SMILES string of the molecule is CN(Cc1cccs1)CC(N)c1cnn(C)c1. The number of aryl methyl sites for hydroxylation is 1. The molecule has 2 aromatic rings. The van der Waals surface area contributed by atoms with Gasteiger partial charge in [-0.05, 0) is 18.5 Å². The Morgan fingerprint density at radius 2 is 2.41 bits per heavy atom. The largest absolute Gasteiger partial charge is 0.323 e. The van der Waals surface area contributed by atoms with E-state index in [2.05, 4.69) is 34.6 Å². The summed E-state index contributed by atoms with van der Waals surface area (Å²) in [4.78, 5) is 3.61. The molecule has 0 fully saturated rings. The second-order valence-electron chi connectivity index (χ2n) is 4.33. The first kappa shape index (κ1) is 12.3. The van der Waals surface area contributed by atoms with Gasteiger partial charge in [0, 0.05) is 42.8 Å².